The zero-order valence-electron chi connectivity index (χ0n) is 20.5. The number of carbonyl (C=O) groups is 2. The summed E-state index contributed by atoms with van der Waals surface area (Å²) in [7, 11) is 0. The van der Waals surface area contributed by atoms with Gasteiger partial charge in [0, 0.05) is 29.9 Å². The van der Waals surface area contributed by atoms with Gasteiger partial charge in [-0.05, 0) is 69.4 Å². The fourth-order valence-corrected chi connectivity index (χ4v) is 4.84. The Morgan fingerprint density at radius 3 is 2.37 bits per heavy atom. The third kappa shape index (κ3) is 4.76. The lowest BCUT2D eigenvalue weighted by Gasteiger charge is -2.33. The minimum Gasteiger partial charge on any atom is -0.457 e. The fourth-order valence-electron chi connectivity index (χ4n) is 4.84. The maximum absolute atomic E-state index is 12.9. The van der Waals surface area contributed by atoms with Crippen LogP contribution in [-0.4, -0.2) is 33.5 Å². The highest BCUT2D eigenvalue weighted by Crippen LogP contribution is 2.49. The summed E-state index contributed by atoms with van der Waals surface area (Å²) < 4.78 is 8.30. The van der Waals surface area contributed by atoms with Crippen LogP contribution in [0.4, 0.5) is 4.79 Å². The molecule has 7 nitrogen and oxygen atoms in total. The molecule has 5 rings (SSSR count). The monoisotopic (exact) mass is 472 g/mol. The number of ether oxygens (including phenoxy) is 1. The molecule has 3 N–H and O–H groups in total. The van der Waals surface area contributed by atoms with Gasteiger partial charge in [-0.2, -0.15) is 0 Å². The molecular formula is C28H32N4O3. The van der Waals surface area contributed by atoms with Gasteiger partial charge in [-0.3, -0.25) is 4.79 Å². The van der Waals surface area contributed by atoms with Gasteiger partial charge in [0.2, 0.25) is 0 Å². The number of carbonyl (C=O) groups excluding carboxylic acids is 2. The van der Waals surface area contributed by atoms with Gasteiger partial charge in [-0.25, -0.2) is 4.79 Å². The van der Waals surface area contributed by atoms with Crippen molar-refractivity contribution in [2.75, 3.05) is 6.54 Å². The summed E-state index contributed by atoms with van der Waals surface area (Å²) in [4.78, 5) is 27.5. The lowest BCUT2D eigenvalue weighted by Crippen LogP contribution is -2.50. The molecule has 1 fully saturated rings. The summed E-state index contributed by atoms with van der Waals surface area (Å²) in [6.07, 6.45) is 2.17. The molecule has 0 bridgehead atoms. The summed E-state index contributed by atoms with van der Waals surface area (Å²) in [5.41, 5.74) is 9.92. The largest absolute Gasteiger partial charge is 0.457 e. The molecule has 0 unspecified atom stereocenters. The van der Waals surface area contributed by atoms with Crippen LogP contribution in [0.1, 0.15) is 61.3 Å². The Hall–Kier alpha value is -3.74. The van der Waals surface area contributed by atoms with E-state index in [9.17, 15) is 9.59 Å². The van der Waals surface area contributed by atoms with E-state index in [0.717, 1.165) is 41.1 Å². The van der Waals surface area contributed by atoms with Crippen LogP contribution >= 0.6 is 0 Å². The van der Waals surface area contributed by atoms with E-state index >= 15 is 0 Å². The Labute approximate surface area is 205 Å². The third-order valence-corrected chi connectivity index (χ3v) is 6.43. The Balaban J connectivity index is 1.56. The van der Waals surface area contributed by atoms with Crippen LogP contribution in [0.2, 0.25) is 0 Å². The zero-order chi connectivity index (χ0) is 24.7. The van der Waals surface area contributed by atoms with Crippen LogP contribution in [-0.2, 0) is 13.1 Å². The van der Waals surface area contributed by atoms with Crippen molar-refractivity contribution in [1.82, 2.24) is 14.8 Å². The number of rotatable bonds is 5. The number of primary amides is 1. The second kappa shape index (κ2) is 8.80. The topological polar surface area (TPSA) is 89.6 Å². The lowest BCUT2D eigenvalue weighted by atomic mass is 9.97. The molecule has 2 aromatic carbocycles. The zero-order valence-corrected chi connectivity index (χ0v) is 20.5. The van der Waals surface area contributed by atoms with Gasteiger partial charge in [-0.15, -0.1) is 0 Å². The summed E-state index contributed by atoms with van der Waals surface area (Å²) in [6, 6.07) is 17.3. The smallest absolute Gasteiger partial charge is 0.318 e. The molecule has 7 heteroatoms. The number of benzene rings is 2. The van der Waals surface area contributed by atoms with Crippen molar-refractivity contribution in [3.63, 3.8) is 0 Å². The van der Waals surface area contributed by atoms with Gasteiger partial charge in [0.25, 0.3) is 5.91 Å². The van der Waals surface area contributed by atoms with E-state index in [4.69, 9.17) is 10.5 Å². The number of nitrogens with one attached hydrogen (secondary N) is 1. The Kier molecular flexibility index (Phi) is 5.79. The average Bonchev–Trinajstić information content (AvgIpc) is 3.58. The first-order valence-electron chi connectivity index (χ1n) is 12.2. The van der Waals surface area contributed by atoms with Crippen molar-refractivity contribution in [3.8, 4) is 22.6 Å². The van der Waals surface area contributed by atoms with Crippen molar-refractivity contribution in [1.29, 1.82) is 0 Å². The molecule has 0 radical (unpaired) electrons. The van der Waals surface area contributed by atoms with Crippen molar-refractivity contribution in [2.45, 2.75) is 58.2 Å². The van der Waals surface area contributed by atoms with Crippen LogP contribution in [0.25, 0.3) is 11.1 Å². The van der Waals surface area contributed by atoms with E-state index in [2.05, 4.69) is 9.88 Å². The number of amides is 3. The fraction of sp³-hybridized carbons (Fsp3) is 0.357. The number of aromatic nitrogens is 1. The normalized spacial score (nSPS) is 15.5. The van der Waals surface area contributed by atoms with Gasteiger partial charge in [0.1, 0.15) is 11.5 Å². The molecule has 0 atom stereocenters. The summed E-state index contributed by atoms with van der Waals surface area (Å²) in [5.74, 6) is 1.37. The highest BCUT2D eigenvalue weighted by molar-refractivity contribution is 6.02. The van der Waals surface area contributed by atoms with E-state index in [0.29, 0.717) is 36.9 Å². The van der Waals surface area contributed by atoms with Crippen molar-refractivity contribution in [2.24, 2.45) is 5.73 Å². The molecule has 0 saturated heterocycles. The van der Waals surface area contributed by atoms with Crippen LogP contribution in [0.3, 0.4) is 0 Å². The molecule has 2 heterocycles. The number of hydrogen-bond acceptors (Lipinski definition) is 3. The predicted octanol–water partition coefficient (Wildman–Crippen LogP) is 5.25. The van der Waals surface area contributed by atoms with Gasteiger partial charge < -0.3 is 25.3 Å². The van der Waals surface area contributed by atoms with Crippen LogP contribution < -0.4 is 15.8 Å². The quantitative estimate of drug-likeness (QED) is 0.532. The number of fused-ring (bicyclic) bond motifs is 1. The summed E-state index contributed by atoms with van der Waals surface area (Å²) in [6.45, 7) is 7.44. The molecule has 35 heavy (non-hydrogen) atoms. The maximum atomic E-state index is 12.9. The van der Waals surface area contributed by atoms with Gasteiger partial charge in [-0.1, -0.05) is 30.3 Å². The van der Waals surface area contributed by atoms with E-state index in [1.54, 1.807) is 4.90 Å². The van der Waals surface area contributed by atoms with E-state index in [1.165, 1.54) is 0 Å². The SMILES string of the molecule is CC(C)(C)NC(=O)N1CCn2c(c(C(N)=O)c(-c3cccc(Oc4ccccc4)c3)c2C2CC2)C1. The molecular weight excluding hydrogens is 440 g/mol. The molecule has 0 spiro atoms. The molecule has 1 saturated carbocycles. The van der Waals surface area contributed by atoms with E-state index < -0.39 is 5.91 Å². The Bertz CT molecular complexity index is 1270. The molecule has 1 aliphatic heterocycles. The number of urea groups is 1. The van der Waals surface area contributed by atoms with Crippen molar-refractivity contribution < 1.29 is 14.3 Å². The van der Waals surface area contributed by atoms with Gasteiger partial charge >= 0.3 is 6.03 Å². The second-order valence-electron chi connectivity index (χ2n) is 10.4. The first kappa shape index (κ1) is 23.0. The standard InChI is InChI=1S/C28H32N4O3/c1-28(2,3)30-27(34)31-14-15-32-22(17-31)24(26(29)33)23(25(32)18-12-13-18)19-8-7-11-21(16-19)35-20-9-5-4-6-10-20/h4-11,16,18H,12-15,17H2,1-3H3,(H2,29,33)(H,30,34). The second-order valence-corrected chi connectivity index (χ2v) is 10.4. The van der Waals surface area contributed by atoms with Crippen molar-refractivity contribution in [3.05, 3.63) is 71.5 Å². The van der Waals surface area contributed by atoms with Gasteiger partial charge in [0.15, 0.2) is 0 Å². The molecule has 3 amide bonds. The van der Waals surface area contributed by atoms with E-state index in [-0.39, 0.29) is 11.6 Å². The third-order valence-electron chi connectivity index (χ3n) is 6.43. The predicted molar refractivity (Wildman–Crippen MR) is 136 cm³/mol. The summed E-state index contributed by atoms with van der Waals surface area (Å²) >= 11 is 0. The first-order chi connectivity index (χ1) is 16.7. The molecule has 1 aromatic heterocycles. The molecule has 182 valence electrons. The van der Waals surface area contributed by atoms with Gasteiger partial charge in [0.05, 0.1) is 17.8 Å². The highest BCUT2D eigenvalue weighted by Gasteiger charge is 2.38. The number of para-hydroxylation sites is 1. The minimum absolute atomic E-state index is 0.131. The van der Waals surface area contributed by atoms with Crippen molar-refractivity contribution >= 4 is 11.9 Å². The molecule has 1 aliphatic carbocycles. The van der Waals surface area contributed by atoms with E-state index in [1.807, 2.05) is 75.4 Å². The van der Waals surface area contributed by atoms with Crippen LogP contribution in [0.15, 0.2) is 54.6 Å². The number of hydrogen-bond donors (Lipinski definition) is 2. The highest BCUT2D eigenvalue weighted by atomic mass is 16.5. The summed E-state index contributed by atoms with van der Waals surface area (Å²) in [5, 5.41) is 3.03. The Morgan fingerprint density at radius 2 is 1.71 bits per heavy atom. The van der Waals surface area contributed by atoms with Crippen LogP contribution in [0, 0.1) is 0 Å². The number of nitrogens with two attached hydrogens (primary N) is 1. The number of nitrogens with zero attached hydrogens (tertiary/aromatic N) is 2. The lowest BCUT2D eigenvalue weighted by molar-refractivity contribution is 0.0997. The maximum Gasteiger partial charge on any atom is 0.318 e. The Morgan fingerprint density at radius 1 is 1.00 bits per heavy atom. The molecule has 3 aromatic rings. The first-order valence-corrected chi connectivity index (χ1v) is 12.2. The van der Waals surface area contributed by atoms with Crippen LogP contribution in [0.5, 0.6) is 11.5 Å². The average molecular weight is 473 g/mol. The minimum atomic E-state index is -0.469. The molecule has 2 aliphatic rings.